The molecule has 0 saturated carbocycles. The first-order valence-corrected chi connectivity index (χ1v) is 9.72. The second kappa shape index (κ2) is 9.10. The lowest BCUT2D eigenvalue weighted by atomic mass is 10.2. The largest absolute Gasteiger partial charge is 0.326 e. The highest BCUT2D eigenvalue weighted by Gasteiger charge is 2.08. The van der Waals surface area contributed by atoms with Crippen LogP contribution in [0.5, 0.6) is 0 Å². The molecule has 0 bridgehead atoms. The Morgan fingerprint density at radius 3 is 2.63 bits per heavy atom. The molecule has 2 amide bonds. The van der Waals surface area contributed by atoms with E-state index in [-0.39, 0.29) is 11.6 Å². The Labute approximate surface area is 175 Å². The number of nitrogens with one attached hydrogen (secondary N) is 1. The zero-order valence-electron chi connectivity index (χ0n) is 16.1. The molecule has 0 aliphatic carbocycles. The molecule has 0 radical (unpaired) electrons. The van der Waals surface area contributed by atoms with Crippen molar-refractivity contribution >= 4 is 50.8 Å². The van der Waals surface area contributed by atoms with E-state index in [0.29, 0.717) is 22.6 Å². The number of carbonyl (C=O) groups excluding carboxylic acids is 2. The van der Waals surface area contributed by atoms with Crippen LogP contribution in [0.4, 0.5) is 11.4 Å². The number of thiazole rings is 1. The fourth-order valence-corrected chi connectivity index (χ4v) is 3.84. The van der Waals surface area contributed by atoms with Gasteiger partial charge in [0.1, 0.15) is 0 Å². The van der Waals surface area contributed by atoms with Crippen molar-refractivity contribution in [1.82, 2.24) is 4.57 Å². The number of nitro benzene ring substituents is 1. The Morgan fingerprint density at radius 2 is 2.00 bits per heavy atom. The van der Waals surface area contributed by atoms with E-state index in [1.807, 2.05) is 16.7 Å². The number of carbonyl (C=O) groups is 2. The Hall–Kier alpha value is -3.85. The van der Waals surface area contributed by atoms with Crippen LogP contribution in [-0.2, 0) is 16.1 Å². The first-order chi connectivity index (χ1) is 14.4. The van der Waals surface area contributed by atoms with Crippen molar-refractivity contribution in [3.63, 3.8) is 0 Å². The molecule has 0 fully saturated rings. The van der Waals surface area contributed by atoms with Gasteiger partial charge in [0.15, 0.2) is 4.80 Å². The molecule has 0 atom stereocenters. The van der Waals surface area contributed by atoms with Crippen LogP contribution in [0, 0.1) is 10.1 Å². The van der Waals surface area contributed by atoms with Crippen LogP contribution in [0.3, 0.4) is 0 Å². The van der Waals surface area contributed by atoms with E-state index in [1.165, 1.54) is 36.5 Å². The molecule has 0 aliphatic heterocycles. The van der Waals surface area contributed by atoms with E-state index in [2.05, 4.69) is 16.9 Å². The maximum absolute atomic E-state index is 12.4. The predicted molar refractivity (Wildman–Crippen MR) is 117 cm³/mol. The van der Waals surface area contributed by atoms with Gasteiger partial charge in [0.05, 0.1) is 15.1 Å². The summed E-state index contributed by atoms with van der Waals surface area (Å²) in [4.78, 5) is 38.5. The highest BCUT2D eigenvalue weighted by Crippen LogP contribution is 2.22. The normalized spacial score (nSPS) is 11.7. The van der Waals surface area contributed by atoms with Gasteiger partial charge in [-0.3, -0.25) is 19.7 Å². The first-order valence-electron chi connectivity index (χ1n) is 8.90. The van der Waals surface area contributed by atoms with Gasteiger partial charge in [-0.15, -0.1) is 6.58 Å². The Bertz CT molecular complexity index is 1240. The van der Waals surface area contributed by atoms with Crippen molar-refractivity contribution in [2.75, 3.05) is 5.32 Å². The number of benzene rings is 2. The van der Waals surface area contributed by atoms with Gasteiger partial charge >= 0.3 is 0 Å². The molecule has 0 saturated heterocycles. The zero-order valence-corrected chi connectivity index (χ0v) is 16.9. The number of non-ortho nitro benzene ring substituents is 1. The van der Waals surface area contributed by atoms with Crippen LogP contribution in [0.15, 0.2) is 66.2 Å². The summed E-state index contributed by atoms with van der Waals surface area (Å²) in [6.07, 6.45) is 4.58. The summed E-state index contributed by atoms with van der Waals surface area (Å²) in [6.45, 7) is 5.66. The summed E-state index contributed by atoms with van der Waals surface area (Å²) in [5, 5.41) is 13.4. The zero-order chi connectivity index (χ0) is 21.7. The minimum absolute atomic E-state index is 0.0162. The second-order valence-electron chi connectivity index (χ2n) is 6.28. The van der Waals surface area contributed by atoms with Gasteiger partial charge in [0.25, 0.3) is 11.6 Å². The number of allylic oxidation sites excluding steroid dienone is 1. The molecule has 0 spiro atoms. The molecule has 9 heteroatoms. The fraction of sp³-hybridized carbons (Fsp3) is 0.0952. The Kier molecular flexibility index (Phi) is 6.33. The lowest BCUT2D eigenvalue weighted by Gasteiger charge is -2.03. The van der Waals surface area contributed by atoms with Crippen LogP contribution in [-0.4, -0.2) is 21.3 Å². The highest BCUT2D eigenvalue weighted by atomic mass is 32.1. The predicted octanol–water partition coefficient (Wildman–Crippen LogP) is 3.90. The molecule has 3 rings (SSSR count). The molecule has 152 valence electrons. The van der Waals surface area contributed by atoms with Crippen LogP contribution >= 0.6 is 11.3 Å². The molecule has 1 aromatic heterocycles. The Balaban J connectivity index is 1.91. The number of hydrogen-bond acceptors (Lipinski definition) is 5. The van der Waals surface area contributed by atoms with Gasteiger partial charge in [-0.05, 0) is 42.0 Å². The van der Waals surface area contributed by atoms with Crippen molar-refractivity contribution in [2.45, 2.75) is 13.5 Å². The average Bonchev–Trinajstić information content (AvgIpc) is 3.03. The lowest BCUT2D eigenvalue weighted by Crippen LogP contribution is -2.15. The van der Waals surface area contributed by atoms with E-state index in [4.69, 9.17) is 0 Å². The van der Waals surface area contributed by atoms with Crippen molar-refractivity contribution in [1.29, 1.82) is 0 Å². The topological polar surface area (TPSA) is 107 Å². The van der Waals surface area contributed by atoms with Crippen molar-refractivity contribution in [2.24, 2.45) is 4.99 Å². The van der Waals surface area contributed by atoms with Gasteiger partial charge < -0.3 is 9.88 Å². The van der Waals surface area contributed by atoms with Crippen LogP contribution in [0.25, 0.3) is 16.3 Å². The molecule has 1 heterocycles. The van der Waals surface area contributed by atoms with Crippen LogP contribution < -0.4 is 10.1 Å². The van der Waals surface area contributed by atoms with Gasteiger partial charge in [-0.25, -0.2) is 0 Å². The summed E-state index contributed by atoms with van der Waals surface area (Å²) in [7, 11) is 0. The number of fused-ring (bicyclic) bond motifs is 1. The third-order valence-corrected chi connectivity index (χ3v) is 5.08. The number of anilines is 1. The summed E-state index contributed by atoms with van der Waals surface area (Å²) < 4.78 is 2.73. The standard InChI is InChI=1S/C21H18N4O4S/c1-3-12-24-18-10-7-16(22-14(2)26)13-19(18)30-21(24)23-20(27)11-6-15-4-8-17(9-5-15)25(28)29/h3-11,13H,1,12H2,2H3,(H,22,26). The number of nitrogens with zero attached hydrogens (tertiary/aromatic N) is 3. The molecule has 0 aliphatic rings. The van der Waals surface area contributed by atoms with Gasteiger partial charge in [-0.2, -0.15) is 4.99 Å². The van der Waals surface area contributed by atoms with E-state index >= 15 is 0 Å². The third kappa shape index (κ3) is 4.95. The first kappa shape index (κ1) is 20.9. The second-order valence-corrected chi connectivity index (χ2v) is 7.29. The average molecular weight is 422 g/mol. The summed E-state index contributed by atoms with van der Waals surface area (Å²) in [6, 6.07) is 11.3. The minimum Gasteiger partial charge on any atom is -0.326 e. The lowest BCUT2D eigenvalue weighted by molar-refractivity contribution is -0.384. The van der Waals surface area contributed by atoms with E-state index < -0.39 is 10.8 Å². The number of nitro groups is 1. The fourth-order valence-electron chi connectivity index (χ4n) is 2.75. The number of aromatic nitrogens is 1. The van der Waals surface area contributed by atoms with E-state index in [1.54, 1.807) is 30.4 Å². The molecule has 2 aromatic carbocycles. The van der Waals surface area contributed by atoms with Crippen LogP contribution in [0.1, 0.15) is 12.5 Å². The summed E-state index contributed by atoms with van der Waals surface area (Å²) in [5.41, 5.74) is 2.18. The molecule has 0 unspecified atom stereocenters. The molecule has 3 aromatic rings. The maximum atomic E-state index is 12.4. The number of rotatable bonds is 6. The van der Waals surface area contributed by atoms with Gasteiger partial charge in [0.2, 0.25) is 5.91 Å². The third-order valence-electron chi connectivity index (χ3n) is 4.04. The quantitative estimate of drug-likeness (QED) is 0.281. The number of hydrogen-bond donors (Lipinski definition) is 1. The van der Waals surface area contributed by atoms with Crippen LogP contribution in [0.2, 0.25) is 0 Å². The van der Waals surface area contributed by atoms with Crippen molar-refractivity contribution in [3.05, 3.63) is 81.7 Å². The van der Waals surface area contributed by atoms with Crippen molar-refractivity contribution in [3.8, 4) is 0 Å². The highest BCUT2D eigenvalue weighted by molar-refractivity contribution is 7.16. The van der Waals surface area contributed by atoms with Gasteiger partial charge in [0, 0.05) is 37.4 Å². The SMILES string of the molecule is C=CCn1c(=NC(=O)C=Cc2ccc([N+](=O)[O-])cc2)sc2cc(NC(C)=O)ccc21. The van der Waals surface area contributed by atoms with Gasteiger partial charge in [-0.1, -0.05) is 17.4 Å². The minimum atomic E-state index is -0.481. The molecular formula is C21H18N4O4S. The molecule has 30 heavy (non-hydrogen) atoms. The van der Waals surface area contributed by atoms with E-state index in [9.17, 15) is 19.7 Å². The molecule has 1 N–H and O–H groups in total. The monoisotopic (exact) mass is 422 g/mol. The molecular weight excluding hydrogens is 404 g/mol. The summed E-state index contributed by atoms with van der Waals surface area (Å²) in [5.74, 6) is -0.624. The van der Waals surface area contributed by atoms with E-state index in [0.717, 1.165) is 10.2 Å². The number of amides is 2. The van der Waals surface area contributed by atoms with Crippen molar-refractivity contribution < 1.29 is 14.5 Å². The smallest absolute Gasteiger partial charge is 0.272 e. The molecule has 8 nitrogen and oxygen atoms in total. The summed E-state index contributed by atoms with van der Waals surface area (Å²) >= 11 is 1.33. The Morgan fingerprint density at radius 1 is 1.27 bits per heavy atom. The maximum Gasteiger partial charge on any atom is 0.272 e.